The Labute approximate surface area is 99.7 Å². The third-order valence-corrected chi connectivity index (χ3v) is 4.60. The predicted octanol–water partition coefficient (Wildman–Crippen LogP) is 0.0647. The summed E-state index contributed by atoms with van der Waals surface area (Å²) in [7, 11) is -3.54. The Morgan fingerprint density at radius 3 is 2.69 bits per heavy atom. The lowest BCUT2D eigenvalue weighted by Gasteiger charge is -2.16. The Kier molecular flexibility index (Phi) is 4.00. The van der Waals surface area contributed by atoms with Crippen molar-refractivity contribution >= 4 is 27.2 Å². The molecule has 0 spiro atoms. The van der Waals surface area contributed by atoms with E-state index in [1.165, 1.54) is 6.92 Å². The minimum absolute atomic E-state index is 0.0492. The predicted molar refractivity (Wildman–Crippen MR) is 65.3 cm³/mol. The van der Waals surface area contributed by atoms with Gasteiger partial charge in [-0.05, 0) is 13.8 Å². The number of nitrogens with zero attached hydrogens (tertiary/aromatic N) is 1. The Bertz CT molecular complexity index is 454. The summed E-state index contributed by atoms with van der Waals surface area (Å²) < 4.78 is 26.0. The second-order valence-electron chi connectivity index (χ2n) is 3.46. The fourth-order valence-corrected chi connectivity index (χ4v) is 2.59. The van der Waals surface area contributed by atoms with E-state index in [0.29, 0.717) is 0 Å². The van der Waals surface area contributed by atoms with Gasteiger partial charge in [0.2, 0.25) is 10.0 Å². The first-order valence-electron chi connectivity index (χ1n) is 4.63. The summed E-state index contributed by atoms with van der Waals surface area (Å²) in [6.45, 7) is 3.17. The summed E-state index contributed by atoms with van der Waals surface area (Å²) in [5.41, 5.74) is 6.06. The standard InChI is InChI=1S/C8H14N4O2S2/c1-5(7-3-10-11-4-7)12-16(13,14)6(2)8(9)15/h3-6,12H,1-2H3,(H2,9,15)(H,10,11). The van der Waals surface area contributed by atoms with E-state index in [0.717, 1.165) is 5.56 Å². The normalized spacial score (nSPS) is 15.6. The van der Waals surface area contributed by atoms with E-state index in [2.05, 4.69) is 27.1 Å². The smallest absolute Gasteiger partial charge is 0.221 e. The molecule has 0 aliphatic heterocycles. The van der Waals surface area contributed by atoms with Crippen LogP contribution in [0.3, 0.4) is 0 Å². The van der Waals surface area contributed by atoms with Crippen molar-refractivity contribution in [3.05, 3.63) is 18.0 Å². The van der Waals surface area contributed by atoms with Crippen molar-refractivity contribution in [1.29, 1.82) is 0 Å². The molecule has 4 N–H and O–H groups in total. The number of sulfonamides is 1. The fraction of sp³-hybridized carbons (Fsp3) is 0.500. The van der Waals surface area contributed by atoms with Crippen LogP contribution in [-0.4, -0.2) is 28.9 Å². The number of thiocarbonyl (C=S) groups is 1. The van der Waals surface area contributed by atoms with E-state index < -0.39 is 15.3 Å². The van der Waals surface area contributed by atoms with Crippen LogP contribution in [0.5, 0.6) is 0 Å². The molecule has 0 fully saturated rings. The third-order valence-electron chi connectivity index (χ3n) is 2.23. The molecule has 2 unspecified atom stereocenters. The summed E-state index contributed by atoms with van der Waals surface area (Å²) in [6, 6.07) is -0.374. The Balaban J connectivity index is 2.78. The van der Waals surface area contributed by atoms with Gasteiger partial charge in [0.05, 0.1) is 11.2 Å². The van der Waals surface area contributed by atoms with E-state index in [1.807, 2.05) is 0 Å². The highest BCUT2D eigenvalue weighted by atomic mass is 32.2. The fourth-order valence-electron chi connectivity index (χ4n) is 1.07. The molecule has 1 aromatic heterocycles. The summed E-state index contributed by atoms with van der Waals surface area (Å²) >= 11 is 4.66. The largest absolute Gasteiger partial charge is 0.392 e. The average molecular weight is 262 g/mol. The first-order valence-corrected chi connectivity index (χ1v) is 6.59. The maximum atomic E-state index is 11.8. The number of nitrogens with one attached hydrogen (secondary N) is 2. The molecular formula is C8H14N4O2S2. The van der Waals surface area contributed by atoms with Gasteiger partial charge in [0.25, 0.3) is 0 Å². The molecule has 8 heteroatoms. The van der Waals surface area contributed by atoms with Crippen LogP contribution in [-0.2, 0) is 10.0 Å². The quantitative estimate of drug-likeness (QED) is 0.652. The van der Waals surface area contributed by atoms with Gasteiger partial charge in [-0.25, -0.2) is 13.1 Å². The summed E-state index contributed by atoms with van der Waals surface area (Å²) in [4.78, 5) is -0.0492. The lowest BCUT2D eigenvalue weighted by atomic mass is 10.2. The number of aromatic nitrogens is 2. The van der Waals surface area contributed by atoms with E-state index in [-0.39, 0.29) is 11.0 Å². The molecule has 0 aliphatic rings. The molecular weight excluding hydrogens is 248 g/mol. The molecule has 0 saturated carbocycles. The number of hydrogen-bond acceptors (Lipinski definition) is 4. The molecule has 0 saturated heterocycles. The van der Waals surface area contributed by atoms with Crippen LogP contribution in [0, 0.1) is 0 Å². The second-order valence-corrected chi connectivity index (χ2v) is 5.97. The molecule has 0 amide bonds. The van der Waals surface area contributed by atoms with E-state index >= 15 is 0 Å². The van der Waals surface area contributed by atoms with Crippen molar-refractivity contribution in [2.45, 2.75) is 25.1 Å². The van der Waals surface area contributed by atoms with Gasteiger partial charge in [-0.3, -0.25) is 5.10 Å². The molecule has 1 rings (SSSR count). The lowest BCUT2D eigenvalue weighted by Crippen LogP contribution is -2.40. The zero-order chi connectivity index (χ0) is 12.3. The van der Waals surface area contributed by atoms with Crippen molar-refractivity contribution in [3.8, 4) is 0 Å². The SMILES string of the molecule is CC(NS(=O)(=O)C(C)C(N)=S)c1cn[nH]c1. The Morgan fingerprint density at radius 1 is 1.62 bits per heavy atom. The second kappa shape index (κ2) is 4.89. The van der Waals surface area contributed by atoms with Crippen molar-refractivity contribution < 1.29 is 8.42 Å². The summed E-state index contributed by atoms with van der Waals surface area (Å²) in [6.07, 6.45) is 3.18. The molecule has 0 aliphatic carbocycles. The van der Waals surface area contributed by atoms with Crippen LogP contribution in [0.15, 0.2) is 12.4 Å². The van der Waals surface area contributed by atoms with Gasteiger partial charge < -0.3 is 5.73 Å². The van der Waals surface area contributed by atoms with Crippen LogP contribution in [0.2, 0.25) is 0 Å². The summed E-state index contributed by atoms with van der Waals surface area (Å²) in [5.74, 6) is 0. The summed E-state index contributed by atoms with van der Waals surface area (Å²) in [5, 5.41) is 5.46. The van der Waals surface area contributed by atoms with E-state index in [1.54, 1.807) is 19.3 Å². The Hall–Kier alpha value is -0.990. The monoisotopic (exact) mass is 262 g/mol. The topological polar surface area (TPSA) is 101 Å². The number of aromatic amines is 1. The number of rotatable bonds is 5. The molecule has 16 heavy (non-hydrogen) atoms. The van der Waals surface area contributed by atoms with Crippen LogP contribution in [0.25, 0.3) is 0 Å². The molecule has 0 bridgehead atoms. The van der Waals surface area contributed by atoms with E-state index in [4.69, 9.17) is 5.73 Å². The molecule has 0 aromatic carbocycles. The number of hydrogen-bond donors (Lipinski definition) is 3. The number of H-pyrrole nitrogens is 1. The van der Waals surface area contributed by atoms with Crippen LogP contribution >= 0.6 is 12.2 Å². The van der Waals surface area contributed by atoms with E-state index in [9.17, 15) is 8.42 Å². The van der Waals surface area contributed by atoms with Crippen LogP contribution in [0.1, 0.15) is 25.5 Å². The van der Waals surface area contributed by atoms with Gasteiger partial charge in [-0.15, -0.1) is 0 Å². The van der Waals surface area contributed by atoms with Gasteiger partial charge in [-0.1, -0.05) is 12.2 Å². The van der Waals surface area contributed by atoms with Crippen molar-refractivity contribution in [3.63, 3.8) is 0 Å². The molecule has 6 nitrogen and oxygen atoms in total. The van der Waals surface area contributed by atoms with Gasteiger partial charge in [0, 0.05) is 17.8 Å². The molecule has 90 valence electrons. The highest BCUT2D eigenvalue weighted by molar-refractivity contribution is 7.93. The first-order chi connectivity index (χ1) is 7.34. The highest BCUT2D eigenvalue weighted by Gasteiger charge is 2.25. The van der Waals surface area contributed by atoms with Gasteiger partial charge >= 0.3 is 0 Å². The van der Waals surface area contributed by atoms with Gasteiger partial charge in [0.1, 0.15) is 5.25 Å². The average Bonchev–Trinajstić information content (AvgIpc) is 2.68. The molecule has 0 radical (unpaired) electrons. The van der Waals surface area contributed by atoms with Crippen molar-refractivity contribution in [2.24, 2.45) is 5.73 Å². The maximum absolute atomic E-state index is 11.8. The zero-order valence-corrected chi connectivity index (χ0v) is 10.6. The molecule has 2 atom stereocenters. The molecule has 1 aromatic rings. The highest BCUT2D eigenvalue weighted by Crippen LogP contribution is 2.12. The van der Waals surface area contributed by atoms with Crippen LogP contribution in [0.4, 0.5) is 0 Å². The minimum atomic E-state index is -3.54. The Morgan fingerprint density at radius 2 is 2.25 bits per heavy atom. The minimum Gasteiger partial charge on any atom is -0.392 e. The lowest BCUT2D eigenvalue weighted by molar-refractivity contribution is 0.564. The van der Waals surface area contributed by atoms with Gasteiger partial charge in [-0.2, -0.15) is 5.10 Å². The first kappa shape index (κ1) is 13.1. The van der Waals surface area contributed by atoms with Crippen molar-refractivity contribution in [2.75, 3.05) is 0 Å². The van der Waals surface area contributed by atoms with Crippen LogP contribution < -0.4 is 10.5 Å². The van der Waals surface area contributed by atoms with Gasteiger partial charge in [0.15, 0.2) is 0 Å². The zero-order valence-electron chi connectivity index (χ0n) is 8.97. The maximum Gasteiger partial charge on any atom is 0.221 e. The molecule has 1 heterocycles. The number of nitrogens with two attached hydrogens (primary N) is 1. The third kappa shape index (κ3) is 3.00. The van der Waals surface area contributed by atoms with Crippen molar-refractivity contribution in [1.82, 2.24) is 14.9 Å².